The fourth-order valence-corrected chi connectivity index (χ4v) is 11.0. The van der Waals surface area contributed by atoms with Crippen LogP contribution >= 0.6 is 0 Å². The lowest BCUT2D eigenvalue weighted by atomic mass is 10.0. The number of fused-ring (bicyclic) bond motifs is 2. The predicted octanol–water partition coefficient (Wildman–Crippen LogP) is 4.98. The molecule has 4 aliphatic heterocycles. The molecule has 1 unspecified atom stereocenters. The number of likely N-dealkylation sites (tertiary alicyclic amines) is 1. The van der Waals surface area contributed by atoms with Gasteiger partial charge in [-0.15, -0.1) is 0 Å². The quantitative estimate of drug-likeness (QED) is 0.102. The Morgan fingerprint density at radius 3 is 2.30 bits per heavy atom. The molecule has 0 radical (unpaired) electrons. The highest BCUT2D eigenvalue weighted by molar-refractivity contribution is 7.93. The number of nitrogen functional groups attached to an aromatic ring is 1. The van der Waals surface area contributed by atoms with E-state index in [1.807, 2.05) is 15.6 Å². The van der Waals surface area contributed by atoms with Gasteiger partial charge in [0.1, 0.15) is 41.0 Å². The van der Waals surface area contributed by atoms with Crippen LogP contribution in [-0.4, -0.2) is 153 Å². The first-order valence-corrected chi connectivity index (χ1v) is 26.7. The molecule has 6 aromatic rings. The van der Waals surface area contributed by atoms with Crippen molar-refractivity contribution in [2.24, 2.45) is 7.05 Å². The number of rotatable bonds is 17. The number of nitrogens with two attached hydrogens (primary N) is 1. The molecule has 7 heterocycles. The van der Waals surface area contributed by atoms with Crippen molar-refractivity contribution in [2.45, 2.75) is 63.0 Å². The number of anilines is 2. The van der Waals surface area contributed by atoms with Crippen LogP contribution in [0.2, 0.25) is 0 Å². The van der Waals surface area contributed by atoms with Gasteiger partial charge < -0.3 is 25.0 Å². The molecule has 0 spiro atoms. The summed E-state index contributed by atoms with van der Waals surface area (Å²) < 4.78 is 82.7. The lowest BCUT2D eigenvalue weighted by Crippen LogP contribution is -2.54. The number of nitrogens with zero attached hydrogens (tertiary/aromatic N) is 9. The number of alkyl halides is 2. The number of hydrogen-bond donors (Lipinski definition) is 3. The first kappa shape index (κ1) is 52.5. The van der Waals surface area contributed by atoms with Crippen molar-refractivity contribution in [3.63, 3.8) is 0 Å². The van der Waals surface area contributed by atoms with Gasteiger partial charge in [-0.1, -0.05) is 18.2 Å². The second kappa shape index (κ2) is 21.6. The molecule has 404 valence electrons. The minimum Gasteiger partial charge on any atom is -0.484 e. The molecule has 10 rings (SSSR count). The largest absolute Gasteiger partial charge is 0.484 e. The minimum absolute atomic E-state index is 0.0196. The van der Waals surface area contributed by atoms with Gasteiger partial charge >= 0.3 is 5.76 Å². The van der Waals surface area contributed by atoms with Crippen LogP contribution in [0, 0.1) is 5.82 Å². The van der Waals surface area contributed by atoms with Crippen LogP contribution in [-0.2, 0) is 31.5 Å². The number of amides is 5. The standard InChI is InChI=1S/C52H55F3N12O9S/c1-30(31-4-7-34(53)8-5-31)76-42-24-32(6-11-40(42)61-77(73,74)52(54)55)46-45-47(62(2)60-46)39(27-57-48(45)56)33-26-58-66(28-33)35-14-18-63(19-15-35)16-3-17-64-20-22-65(23-21-64)44(69)29-75-36-9-10-37-38(25-36)51(72)67(50(37)71)41-12-13-43(68)59-49(41)70/h4-11,24-28,30,35,41,52,61H,3,12-23,29H2,1-2H3,(H2,56,57)(H,59,68,70)/t30-,41?/m0/s1. The van der Waals surface area contributed by atoms with Gasteiger partial charge in [0.25, 0.3) is 27.7 Å². The maximum atomic E-state index is 13.7. The van der Waals surface area contributed by atoms with E-state index >= 15 is 0 Å². The number of aromatic nitrogens is 5. The lowest BCUT2D eigenvalue weighted by molar-refractivity contribution is -0.136. The molecular weight excluding hydrogens is 1030 g/mol. The monoisotopic (exact) mass is 1080 g/mol. The van der Waals surface area contributed by atoms with E-state index in [-0.39, 0.29) is 65.5 Å². The van der Waals surface area contributed by atoms with Crippen molar-refractivity contribution in [2.75, 3.05) is 69.4 Å². The molecule has 0 bridgehead atoms. The molecule has 3 aromatic heterocycles. The molecule has 0 aliphatic carbocycles. The van der Waals surface area contributed by atoms with Gasteiger partial charge in [0, 0.05) is 81.8 Å². The maximum Gasteiger partial charge on any atom is 0.355 e. The number of aryl methyl sites for hydroxylation is 1. The normalized spacial score (nSPS) is 18.3. The topological polar surface area (TPSA) is 250 Å². The minimum atomic E-state index is -5.07. The Kier molecular flexibility index (Phi) is 14.7. The third kappa shape index (κ3) is 10.9. The molecule has 25 heteroatoms. The summed E-state index contributed by atoms with van der Waals surface area (Å²) in [6, 6.07) is 13.3. The van der Waals surface area contributed by atoms with Crippen molar-refractivity contribution < 1.29 is 55.0 Å². The van der Waals surface area contributed by atoms with Crippen LogP contribution in [0.1, 0.15) is 77.5 Å². The summed E-state index contributed by atoms with van der Waals surface area (Å²) in [6.07, 6.45) is 7.50. The van der Waals surface area contributed by atoms with Gasteiger partial charge in [-0.05, 0) is 93.7 Å². The lowest BCUT2D eigenvalue weighted by Gasteiger charge is -2.36. The van der Waals surface area contributed by atoms with Crippen LogP contribution in [0.15, 0.2) is 79.3 Å². The highest BCUT2D eigenvalue weighted by atomic mass is 32.2. The second-order valence-corrected chi connectivity index (χ2v) is 21.1. The summed E-state index contributed by atoms with van der Waals surface area (Å²) in [4.78, 5) is 75.4. The van der Waals surface area contributed by atoms with E-state index in [1.54, 1.807) is 35.9 Å². The molecule has 77 heavy (non-hydrogen) atoms. The van der Waals surface area contributed by atoms with Crippen molar-refractivity contribution in [3.05, 3.63) is 102 Å². The Bertz CT molecular complexity index is 3390. The van der Waals surface area contributed by atoms with E-state index in [1.165, 1.54) is 60.7 Å². The Balaban J connectivity index is 0.707. The van der Waals surface area contributed by atoms with Crippen molar-refractivity contribution >= 4 is 62.0 Å². The van der Waals surface area contributed by atoms with Crippen molar-refractivity contribution in [1.82, 2.24) is 49.5 Å². The predicted molar refractivity (Wildman–Crippen MR) is 275 cm³/mol. The third-order valence-electron chi connectivity index (χ3n) is 14.6. The Hall–Kier alpha value is -7.90. The van der Waals surface area contributed by atoms with E-state index in [0.29, 0.717) is 40.8 Å². The van der Waals surface area contributed by atoms with Crippen LogP contribution < -0.4 is 25.2 Å². The fraction of sp³-hybridized carbons (Fsp3) is 0.385. The van der Waals surface area contributed by atoms with Crippen LogP contribution in [0.4, 0.5) is 24.7 Å². The third-order valence-corrected chi connectivity index (χ3v) is 15.5. The molecule has 3 aromatic carbocycles. The average molecular weight is 1080 g/mol. The molecule has 3 saturated heterocycles. The van der Waals surface area contributed by atoms with Gasteiger partial charge in [-0.25, -0.2) is 17.8 Å². The van der Waals surface area contributed by atoms with Crippen LogP contribution in [0.25, 0.3) is 33.3 Å². The number of carbonyl (C=O) groups is 5. The fourth-order valence-electron chi connectivity index (χ4n) is 10.4. The zero-order chi connectivity index (χ0) is 54.3. The Morgan fingerprint density at radius 2 is 1.58 bits per heavy atom. The second-order valence-electron chi connectivity index (χ2n) is 19.5. The average Bonchev–Trinajstić information content (AvgIpc) is 4.19. The molecule has 0 saturated carbocycles. The molecule has 21 nitrogen and oxygen atoms in total. The van der Waals surface area contributed by atoms with Gasteiger partial charge in [-0.2, -0.15) is 19.0 Å². The van der Waals surface area contributed by atoms with E-state index in [4.69, 9.17) is 25.4 Å². The number of nitrogens with one attached hydrogen (secondary N) is 2. The van der Waals surface area contributed by atoms with Gasteiger partial charge in [0.05, 0.1) is 40.0 Å². The number of benzene rings is 3. The van der Waals surface area contributed by atoms with Gasteiger partial charge in [0.2, 0.25) is 11.8 Å². The van der Waals surface area contributed by atoms with E-state index < -0.39 is 57.4 Å². The van der Waals surface area contributed by atoms with Crippen molar-refractivity contribution in [3.8, 4) is 33.9 Å². The number of ether oxygens (including phenoxy) is 2. The van der Waals surface area contributed by atoms with Crippen molar-refractivity contribution in [1.29, 1.82) is 0 Å². The van der Waals surface area contributed by atoms with Crippen LogP contribution in [0.3, 0.4) is 0 Å². The number of imide groups is 2. The molecule has 4 aliphatic rings. The van der Waals surface area contributed by atoms with E-state index in [0.717, 1.165) is 74.6 Å². The summed E-state index contributed by atoms with van der Waals surface area (Å²) in [6.45, 7) is 7.54. The summed E-state index contributed by atoms with van der Waals surface area (Å²) >= 11 is 0. The molecule has 3 fully saturated rings. The smallest absolute Gasteiger partial charge is 0.355 e. The number of piperidine rings is 2. The summed E-state index contributed by atoms with van der Waals surface area (Å²) in [5, 5.41) is 12.2. The van der Waals surface area contributed by atoms with E-state index in [9.17, 15) is 45.6 Å². The summed E-state index contributed by atoms with van der Waals surface area (Å²) in [7, 11) is -3.32. The zero-order valence-corrected chi connectivity index (χ0v) is 42.8. The molecule has 4 N–H and O–H groups in total. The van der Waals surface area contributed by atoms with Gasteiger partial charge in [-0.3, -0.25) is 53.2 Å². The Morgan fingerprint density at radius 1 is 0.870 bits per heavy atom. The SMILES string of the molecule is C[C@H](Oc1cc(-c2nn(C)c3c(-c4cnn(C5CCN(CCCN6CCN(C(=O)COc7ccc8c(c7)C(=O)N(C7CCC(=O)NC7=O)C8=O)CC6)CC5)c4)cnc(N)c23)ccc1NS(=O)(=O)C(F)F)c1ccc(F)cc1. The summed E-state index contributed by atoms with van der Waals surface area (Å²) in [5.41, 5.74) is 10.0. The van der Waals surface area contributed by atoms with E-state index in [2.05, 4.69) is 20.1 Å². The van der Waals surface area contributed by atoms with Gasteiger partial charge in [0.15, 0.2) is 6.61 Å². The number of carbonyl (C=O) groups excluding carboxylic acids is 5. The maximum absolute atomic E-state index is 13.7. The highest BCUT2D eigenvalue weighted by Crippen LogP contribution is 2.41. The number of halogens is 3. The molecule has 5 amide bonds. The van der Waals surface area contributed by atoms with Crippen LogP contribution in [0.5, 0.6) is 11.5 Å². The molecular formula is C52H55F3N12O9S. The Labute approximate surface area is 440 Å². The number of pyridine rings is 1. The first-order valence-electron chi connectivity index (χ1n) is 25.2. The summed E-state index contributed by atoms with van der Waals surface area (Å²) in [5.74, 6) is -6.43. The number of piperazine rings is 1. The highest BCUT2D eigenvalue weighted by Gasteiger charge is 2.45. The number of sulfonamides is 1. The molecule has 2 atom stereocenters. The number of hydrogen-bond acceptors (Lipinski definition) is 15. The first-order chi connectivity index (χ1) is 36.9. The zero-order valence-electron chi connectivity index (χ0n) is 42.0.